The molecule has 0 spiro atoms. The Kier molecular flexibility index (Phi) is 1.47. The first-order chi connectivity index (χ1) is 5.83. The summed E-state index contributed by atoms with van der Waals surface area (Å²) < 4.78 is 1.65. The molecule has 0 saturated heterocycles. The Labute approximate surface area is 69.9 Å². The Bertz CT molecular complexity index is 396. The molecular formula is C9H8N2O. The number of rotatable bonds is 1. The number of pyridine rings is 1. The van der Waals surface area contributed by atoms with Gasteiger partial charge in [-0.2, -0.15) is 5.26 Å². The standard InChI is InChI=1S/C9H8N2O/c10-6-7-2-1-5-11(9(7)12)8-3-4-8/h1-2,5,8H,3-4H2. The van der Waals surface area contributed by atoms with Crippen LogP contribution in [0.3, 0.4) is 0 Å². The van der Waals surface area contributed by atoms with E-state index in [2.05, 4.69) is 0 Å². The van der Waals surface area contributed by atoms with Crippen LogP contribution in [0.5, 0.6) is 0 Å². The second-order valence-corrected chi connectivity index (χ2v) is 2.98. The zero-order valence-corrected chi connectivity index (χ0v) is 6.53. The van der Waals surface area contributed by atoms with Crippen LogP contribution in [0.2, 0.25) is 0 Å². The third kappa shape index (κ3) is 1.02. The lowest BCUT2D eigenvalue weighted by molar-refractivity contribution is 0.705. The van der Waals surface area contributed by atoms with Crippen LogP contribution < -0.4 is 5.56 Å². The minimum atomic E-state index is -0.150. The molecule has 0 atom stereocenters. The predicted molar refractivity (Wildman–Crippen MR) is 43.7 cm³/mol. The summed E-state index contributed by atoms with van der Waals surface area (Å²) in [7, 11) is 0. The van der Waals surface area contributed by atoms with Gasteiger partial charge in [0.1, 0.15) is 11.6 Å². The van der Waals surface area contributed by atoms with Crippen LogP contribution in [0.25, 0.3) is 0 Å². The Morgan fingerprint density at radius 3 is 2.92 bits per heavy atom. The third-order valence-electron chi connectivity index (χ3n) is 2.04. The fraction of sp³-hybridized carbons (Fsp3) is 0.333. The van der Waals surface area contributed by atoms with Gasteiger partial charge in [0.15, 0.2) is 0 Å². The summed E-state index contributed by atoms with van der Waals surface area (Å²) in [6.45, 7) is 0. The van der Waals surface area contributed by atoms with E-state index in [9.17, 15) is 4.79 Å². The van der Waals surface area contributed by atoms with Gasteiger partial charge in [0, 0.05) is 12.2 Å². The normalized spacial score (nSPS) is 15.6. The molecule has 0 unspecified atom stereocenters. The van der Waals surface area contributed by atoms with Crippen LogP contribution >= 0.6 is 0 Å². The molecule has 2 rings (SSSR count). The van der Waals surface area contributed by atoms with E-state index in [4.69, 9.17) is 5.26 Å². The van der Waals surface area contributed by atoms with Crippen molar-refractivity contribution in [3.05, 3.63) is 34.2 Å². The second-order valence-electron chi connectivity index (χ2n) is 2.98. The van der Waals surface area contributed by atoms with Crippen LogP contribution in [0.4, 0.5) is 0 Å². The smallest absolute Gasteiger partial charge is 0.268 e. The summed E-state index contributed by atoms with van der Waals surface area (Å²) in [5, 5.41) is 8.58. The monoisotopic (exact) mass is 160 g/mol. The van der Waals surface area contributed by atoms with Gasteiger partial charge in [-0.25, -0.2) is 0 Å². The summed E-state index contributed by atoms with van der Waals surface area (Å²) in [6.07, 6.45) is 3.88. The van der Waals surface area contributed by atoms with Crippen molar-refractivity contribution in [1.82, 2.24) is 4.57 Å². The lowest BCUT2D eigenvalue weighted by Gasteiger charge is -2.00. The maximum atomic E-state index is 11.4. The van der Waals surface area contributed by atoms with Crippen molar-refractivity contribution in [2.75, 3.05) is 0 Å². The number of aromatic nitrogens is 1. The minimum absolute atomic E-state index is 0.150. The Hall–Kier alpha value is -1.56. The molecule has 1 heterocycles. The van der Waals surface area contributed by atoms with Crippen molar-refractivity contribution in [1.29, 1.82) is 5.26 Å². The highest BCUT2D eigenvalue weighted by Gasteiger charge is 2.24. The molecule has 12 heavy (non-hydrogen) atoms. The van der Waals surface area contributed by atoms with Gasteiger partial charge in [-0.05, 0) is 25.0 Å². The SMILES string of the molecule is N#Cc1cccn(C2CC2)c1=O. The maximum Gasteiger partial charge on any atom is 0.268 e. The van der Waals surface area contributed by atoms with E-state index < -0.39 is 0 Å². The van der Waals surface area contributed by atoms with E-state index in [1.54, 1.807) is 22.9 Å². The predicted octanol–water partition coefficient (Wildman–Crippen LogP) is 1.05. The Balaban J connectivity index is 2.57. The van der Waals surface area contributed by atoms with Crippen LogP contribution in [0.15, 0.2) is 23.1 Å². The van der Waals surface area contributed by atoms with Crippen LogP contribution in [0.1, 0.15) is 24.4 Å². The average molecular weight is 160 g/mol. The summed E-state index contributed by atoms with van der Waals surface area (Å²) in [4.78, 5) is 11.4. The van der Waals surface area contributed by atoms with Gasteiger partial charge < -0.3 is 4.57 Å². The molecule has 0 bridgehead atoms. The molecule has 0 aromatic carbocycles. The highest BCUT2D eigenvalue weighted by molar-refractivity contribution is 5.25. The van der Waals surface area contributed by atoms with Crippen molar-refractivity contribution in [2.24, 2.45) is 0 Å². The lowest BCUT2D eigenvalue weighted by atomic mass is 10.3. The Morgan fingerprint density at radius 2 is 2.33 bits per heavy atom. The fourth-order valence-corrected chi connectivity index (χ4v) is 1.24. The molecule has 1 fully saturated rings. The highest BCUT2D eigenvalue weighted by atomic mass is 16.1. The highest BCUT2D eigenvalue weighted by Crippen LogP contribution is 2.33. The van der Waals surface area contributed by atoms with Gasteiger partial charge in [-0.1, -0.05) is 0 Å². The van der Waals surface area contributed by atoms with Crippen molar-refractivity contribution < 1.29 is 0 Å². The molecule has 0 radical (unpaired) electrons. The molecule has 3 nitrogen and oxygen atoms in total. The first kappa shape index (κ1) is 7.11. The van der Waals surface area contributed by atoms with E-state index in [-0.39, 0.29) is 11.1 Å². The van der Waals surface area contributed by atoms with Gasteiger partial charge in [-0.15, -0.1) is 0 Å². The van der Waals surface area contributed by atoms with Crippen molar-refractivity contribution >= 4 is 0 Å². The zero-order chi connectivity index (χ0) is 8.55. The van der Waals surface area contributed by atoms with Crippen LogP contribution in [0, 0.1) is 11.3 Å². The molecule has 3 heteroatoms. The average Bonchev–Trinajstić information content (AvgIpc) is 2.88. The van der Waals surface area contributed by atoms with Crippen molar-refractivity contribution in [3.63, 3.8) is 0 Å². The first-order valence-corrected chi connectivity index (χ1v) is 3.94. The lowest BCUT2D eigenvalue weighted by Crippen LogP contribution is -2.20. The molecule has 1 saturated carbocycles. The van der Waals surface area contributed by atoms with Gasteiger partial charge in [0.25, 0.3) is 5.56 Å². The van der Waals surface area contributed by atoms with E-state index in [0.717, 1.165) is 12.8 Å². The topological polar surface area (TPSA) is 45.8 Å². The fourth-order valence-electron chi connectivity index (χ4n) is 1.24. The molecule has 1 aromatic heterocycles. The maximum absolute atomic E-state index is 11.4. The second kappa shape index (κ2) is 2.49. The van der Waals surface area contributed by atoms with Gasteiger partial charge in [-0.3, -0.25) is 4.79 Å². The molecule has 1 aromatic rings. The van der Waals surface area contributed by atoms with Crippen LogP contribution in [-0.2, 0) is 0 Å². The molecular weight excluding hydrogens is 152 g/mol. The van der Waals surface area contributed by atoms with Crippen molar-refractivity contribution in [2.45, 2.75) is 18.9 Å². The summed E-state index contributed by atoms with van der Waals surface area (Å²) in [5.41, 5.74) is 0.0897. The first-order valence-electron chi connectivity index (χ1n) is 3.94. The van der Waals surface area contributed by atoms with E-state index in [1.165, 1.54) is 0 Å². The number of hydrogen-bond donors (Lipinski definition) is 0. The molecule has 0 N–H and O–H groups in total. The van der Waals surface area contributed by atoms with Gasteiger partial charge in [0.05, 0.1) is 0 Å². The van der Waals surface area contributed by atoms with Gasteiger partial charge >= 0.3 is 0 Å². The molecule has 1 aliphatic rings. The largest absolute Gasteiger partial charge is 0.311 e. The summed E-state index contributed by atoms with van der Waals surface area (Å²) >= 11 is 0. The van der Waals surface area contributed by atoms with E-state index >= 15 is 0 Å². The van der Waals surface area contributed by atoms with E-state index in [1.807, 2.05) is 6.07 Å². The number of hydrogen-bond acceptors (Lipinski definition) is 2. The zero-order valence-electron chi connectivity index (χ0n) is 6.53. The molecule has 0 amide bonds. The van der Waals surface area contributed by atoms with Crippen LogP contribution in [-0.4, -0.2) is 4.57 Å². The summed E-state index contributed by atoms with van der Waals surface area (Å²) in [5.74, 6) is 0. The van der Waals surface area contributed by atoms with E-state index in [0.29, 0.717) is 6.04 Å². The number of nitrogens with zero attached hydrogens (tertiary/aromatic N) is 2. The molecule has 60 valence electrons. The minimum Gasteiger partial charge on any atom is -0.311 e. The summed E-state index contributed by atoms with van der Waals surface area (Å²) in [6, 6.07) is 5.54. The Morgan fingerprint density at radius 1 is 1.58 bits per heavy atom. The number of nitriles is 1. The molecule has 0 aliphatic heterocycles. The molecule has 1 aliphatic carbocycles. The van der Waals surface area contributed by atoms with Crippen molar-refractivity contribution in [3.8, 4) is 6.07 Å². The van der Waals surface area contributed by atoms with Gasteiger partial charge in [0.2, 0.25) is 0 Å². The quantitative estimate of drug-likeness (QED) is 0.616. The third-order valence-corrected chi connectivity index (χ3v) is 2.04.